The van der Waals surface area contributed by atoms with Crippen LogP contribution in [0.1, 0.15) is 67.9 Å². The lowest BCUT2D eigenvalue weighted by atomic mass is 9.88. The van der Waals surface area contributed by atoms with Crippen LogP contribution in [0.2, 0.25) is 0 Å². The van der Waals surface area contributed by atoms with Gasteiger partial charge in [-0.2, -0.15) is 0 Å². The van der Waals surface area contributed by atoms with Gasteiger partial charge in [-0.15, -0.1) is 0 Å². The van der Waals surface area contributed by atoms with E-state index in [0.717, 1.165) is 23.3 Å². The number of hydrogen-bond donors (Lipinski definition) is 0. The van der Waals surface area contributed by atoms with Crippen molar-refractivity contribution in [3.05, 3.63) is 21.7 Å². The summed E-state index contributed by atoms with van der Waals surface area (Å²) in [6, 6.07) is 0. The molecule has 3 rings (SSSR count). The molecule has 17 heavy (non-hydrogen) atoms. The first kappa shape index (κ1) is 11.6. The molecule has 1 fully saturated rings. The molecule has 3 heteroatoms. The minimum absolute atomic E-state index is 0.618. The average Bonchev–Trinajstić information content (AvgIpc) is 2.40. The molecule has 0 N–H and O–H groups in total. The normalized spacial score (nSPS) is 21.2. The third-order valence-corrected chi connectivity index (χ3v) is 4.78. The molecular weight excluding hydrogens is 276 g/mol. The first-order chi connectivity index (χ1) is 8.34. The summed E-state index contributed by atoms with van der Waals surface area (Å²) >= 11 is 3.65. The summed E-state index contributed by atoms with van der Waals surface area (Å²) in [5, 5.41) is 0. The molecule has 2 aliphatic rings. The van der Waals surface area contributed by atoms with E-state index in [0.29, 0.717) is 5.92 Å². The van der Waals surface area contributed by atoms with Crippen LogP contribution in [0.25, 0.3) is 0 Å². The van der Waals surface area contributed by atoms with Gasteiger partial charge in [0, 0.05) is 17.2 Å². The minimum atomic E-state index is 0.618. The van der Waals surface area contributed by atoms with Gasteiger partial charge in [0.25, 0.3) is 0 Å². The molecule has 0 saturated heterocycles. The van der Waals surface area contributed by atoms with E-state index in [1.165, 1.54) is 56.2 Å². The van der Waals surface area contributed by atoms with Crippen LogP contribution in [0, 0.1) is 0 Å². The summed E-state index contributed by atoms with van der Waals surface area (Å²) in [5.74, 6) is 1.73. The number of hydrogen-bond acceptors (Lipinski definition) is 2. The Bertz CT molecular complexity index is 411. The second kappa shape index (κ2) is 5.05. The summed E-state index contributed by atoms with van der Waals surface area (Å²) in [5.41, 5.74) is 2.69. The Balaban J connectivity index is 1.92. The lowest BCUT2D eigenvalue weighted by Crippen LogP contribution is -2.14. The maximum absolute atomic E-state index is 4.86. The second-order valence-electron chi connectivity index (χ2n) is 5.34. The van der Waals surface area contributed by atoms with Gasteiger partial charge in [-0.25, -0.2) is 9.97 Å². The fourth-order valence-corrected chi connectivity index (χ4v) is 3.72. The van der Waals surface area contributed by atoms with Crippen molar-refractivity contribution in [2.45, 2.75) is 63.7 Å². The summed E-state index contributed by atoms with van der Waals surface area (Å²) in [6.45, 7) is 0. The van der Waals surface area contributed by atoms with Gasteiger partial charge in [-0.1, -0.05) is 19.3 Å². The molecule has 0 spiro atoms. The number of aryl methyl sites for hydroxylation is 1. The third-order valence-electron chi connectivity index (χ3n) is 4.12. The van der Waals surface area contributed by atoms with Crippen molar-refractivity contribution in [2.24, 2.45) is 0 Å². The molecular formula is C14H19BrN2. The topological polar surface area (TPSA) is 25.8 Å². The van der Waals surface area contributed by atoms with Crippen molar-refractivity contribution in [3.8, 4) is 0 Å². The van der Waals surface area contributed by atoms with Gasteiger partial charge in [0.1, 0.15) is 10.4 Å². The summed E-state index contributed by atoms with van der Waals surface area (Å²) in [7, 11) is 0. The smallest absolute Gasteiger partial charge is 0.132 e. The Hall–Kier alpha value is -0.440. The van der Waals surface area contributed by atoms with Gasteiger partial charge < -0.3 is 0 Å². The highest BCUT2D eigenvalue weighted by Crippen LogP contribution is 2.33. The van der Waals surface area contributed by atoms with Gasteiger partial charge in [0.05, 0.1) is 0 Å². The number of fused-ring (bicyclic) bond motifs is 1. The molecule has 2 nitrogen and oxygen atoms in total. The van der Waals surface area contributed by atoms with Crippen LogP contribution in [0.5, 0.6) is 0 Å². The van der Waals surface area contributed by atoms with E-state index in [4.69, 9.17) is 9.97 Å². The van der Waals surface area contributed by atoms with Crippen molar-refractivity contribution in [1.82, 2.24) is 9.97 Å². The largest absolute Gasteiger partial charge is 0.237 e. The molecule has 1 aromatic heterocycles. The molecule has 1 heterocycles. The molecule has 0 radical (unpaired) electrons. The van der Waals surface area contributed by atoms with E-state index in [-0.39, 0.29) is 0 Å². The van der Waals surface area contributed by atoms with Crippen LogP contribution < -0.4 is 0 Å². The Morgan fingerprint density at radius 1 is 0.882 bits per heavy atom. The SMILES string of the molecule is Brc1nc(C2CCCCC2)nc2c1CCCC2. The van der Waals surface area contributed by atoms with Crippen LogP contribution in [-0.4, -0.2) is 9.97 Å². The third kappa shape index (κ3) is 2.40. The van der Waals surface area contributed by atoms with E-state index < -0.39 is 0 Å². The number of halogens is 1. The van der Waals surface area contributed by atoms with E-state index in [1.54, 1.807) is 0 Å². The van der Waals surface area contributed by atoms with Crippen molar-refractivity contribution in [3.63, 3.8) is 0 Å². The van der Waals surface area contributed by atoms with Crippen molar-refractivity contribution >= 4 is 15.9 Å². The first-order valence-electron chi connectivity index (χ1n) is 6.90. The summed E-state index contributed by atoms with van der Waals surface area (Å²) < 4.78 is 1.07. The Kier molecular flexibility index (Phi) is 3.46. The first-order valence-corrected chi connectivity index (χ1v) is 7.69. The summed E-state index contributed by atoms with van der Waals surface area (Å²) in [6.07, 6.45) is 11.5. The van der Waals surface area contributed by atoms with Gasteiger partial charge in [0.2, 0.25) is 0 Å². The zero-order chi connectivity index (χ0) is 11.7. The predicted molar refractivity (Wildman–Crippen MR) is 72.2 cm³/mol. The molecule has 1 aromatic rings. The minimum Gasteiger partial charge on any atom is -0.237 e. The van der Waals surface area contributed by atoms with Gasteiger partial charge >= 0.3 is 0 Å². The molecule has 0 amide bonds. The quantitative estimate of drug-likeness (QED) is 0.727. The molecule has 0 bridgehead atoms. The Morgan fingerprint density at radius 2 is 1.65 bits per heavy atom. The highest BCUT2D eigenvalue weighted by Gasteiger charge is 2.22. The Labute approximate surface area is 111 Å². The van der Waals surface area contributed by atoms with Gasteiger partial charge in [-0.05, 0) is 54.5 Å². The molecule has 92 valence electrons. The van der Waals surface area contributed by atoms with E-state index in [1.807, 2.05) is 0 Å². The highest BCUT2D eigenvalue weighted by molar-refractivity contribution is 9.10. The standard InChI is InChI=1S/C14H19BrN2/c15-13-11-8-4-5-9-12(11)16-14(17-13)10-6-2-1-3-7-10/h10H,1-9H2. The van der Waals surface area contributed by atoms with E-state index in [2.05, 4.69) is 15.9 Å². The Morgan fingerprint density at radius 3 is 2.47 bits per heavy atom. The second-order valence-corrected chi connectivity index (χ2v) is 6.09. The maximum atomic E-state index is 4.86. The van der Waals surface area contributed by atoms with Crippen LogP contribution in [-0.2, 0) is 12.8 Å². The molecule has 0 aromatic carbocycles. The fraction of sp³-hybridized carbons (Fsp3) is 0.714. The molecule has 1 saturated carbocycles. The highest BCUT2D eigenvalue weighted by atomic mass is 79.9. The zero-order valence-electron chi connectivity index (χ0n) is 10.2. The number of nitrogens with zero attached hydrogens (tertiary/aromatic N) is 2. The van der Waals surface area contributed by atoms with Crippen molar-refractivity contribution in [2.75, 3.05) is 0 Å². The van der Waals surface area contributed by atoms with Gasteiger partial charge in [0.15, 0.2) is 0 Å². The molecule has 0 unspecified atom stereocenters. The lowest BCUT2D eigenvalue weighted by molar-refractivity contribution is 0.425. The molecule has 0 atom stereocenters. The fourth-order valence-electron chi connectivity index (χ4n) is 3.11. The predicted octanol–water partition coefficient (Wildman–Crippen LogP) is 4.17. The van der Waals surface area contributed by atoms with Crippen molar-refractivity contribution in [1.29, 1.82) is 0 Å². The van der Waals surface area contributed by atoms with E-state index in [9.17, 15) is 0 Å². The lowest BCUT2D eigenvalue weighted by Gasteiger charge is -2.23. The molecule has 2 aliphatic carbocycles. The molecule has 0 aliphatic heterocycles. The van der Waals surface area contributed by atoms with Crippen molar-refractivity contribution < 1.29 is 0 Å². The van der Waals surface area contributed by atoms with Crippen LogP contribution in [0.15, 0.2) is 4.60 Å². The summed E-state index contributed by atoms with van der Waals surface area (Å²) in [4.78, 5) is 9.57. The van der Waals surface area contributed by atoms with Crippen LogP contribution in [0.3, 0.4) is 0 Å². The zero-order valence-corrected chi connectivity index (χ0v) is 11.8. The van der Waals surface area contributed by atoms with Crippen LogP contribution >= 0.6 is 15.9 Å². The number of rotatable bonds is 1. The van der Waals surface area contributed by atoms with Gasteiger partial charge in [-0.3, -0.25) is 0 Å². The maximum Gasteiger partial charge on any atom is 0.132 e. The number of aromatic nitrogens is 2. The monoisotopic (exact) mass is 294 g/mol. The van der Waals surface area contributed by atoms with E-state index >= 15 is 0 Å². The average molecular weight is 295 g/mol. The van der Waals surface area contributed by atoms with Crippen LogP contribution in [0.4, 0.5) is 0 Å².